The Morgan fingerprint density at radius 2 is 1.62 bits per heavy atom. The first-order valence-corrected chi connectivity index (χ1v) is 11.1. The number of rotatable bonds is 7. The number of ether oxygens (including phenoxy) is 1. The van der Waals surface area contributed by atoms with E-state index in [1.165, 1.54) is 4.68 Å². The van der Waals surface area contributed by atoms with E-state index in [0.29, 0.717) is 28.6 Å². The third-order valence-electron chi connectivity index (χ3n) is 5.08. The number of nitrogens with one attached hydrogen (secondary N) is 1. The average molecular weight is 464 g/mol. The second-order valence-corrected chi connectivity index (χ2v) is 9.56. The molecule has 0 spiro atoms. The number of ketones is 1. The molecule has 1 N–H and O–H groups in total. The number of hydrogen-bond acceptors (Lipinski definition) is 6. The predicted molar refractivity (Wildman–Crippen MR) is 130 cm³/mol. The Kier molecular flexibility index (Phi) is 7.29. The van der Waals surface area contributed by atoms with E-state index in [2.05, 4.69) is 10.4 Å². The first-order valence-electron chi connectivity index (χ1n) is 11.1. The summed E-state index contributed by atoms with van der Waals surface area (Å²) in [6, 6.07) is 13.1. The highest BCUT2D eigenvalue weighted by Crippen LogP contribution is 2.18. The summed E-state index contributed by atoms with van der Waals surface area (Å²) in [6.45, 7) is 9.18. The van der Waals surface area contributed by atoms with Gasteiger partial charge in [-0.25, -0.2) is 9.48 Å². The van der Waals surface area contributed by atoms with Crippen molar-refractivity contribution in [3.05, 3.63) is 70.1 Å². The molecular weight excluding hydrogens is 434 g/mol. The van der Waals surface area contributed by atoms with Crippen LogP contribution in [0.2, 0.25) is 0 Å². The summed E-state index contributed by atoms with van der Waals surface area (Å²) in [5, 5.41) is 7.76. The third-order valence-corrected chi connectivity index (χ3v) is 5.08. The van der Waals surface area contributed by atoms with Crippen LogP contribution >= 0.6 is 0 Å². The molecule has 0 fully saturated rings. The molecule has 0 aliphatic rings. The predicted octanol–water partition coefficient (Wildman–Crippen LogP) is 4.08. The summed E-state index contributed by atoms with van der Waals surface area (Å²) in [7, 11) is 0. The van der Waals surface area contributed by atoms with Gasteiger partial charge in [0.2, 0.25) is 5.91 Å². The van der Waals surface area contributed by atoms with Crippen molar-refractivity contribution in [2.75, 3.05) is 11.9 Å². The zero-order chi connectivity index (χ0) is 25.0. The van der Waals surface area contributed by atoms with Crippen LogP contribution in [0.25, 0.3) is 10.8 Å². The quantitative estimate of drug-likeness (QED) is 0.418. The molecule has 0 radical (unpaired) electrons. The minimum Gasteiger partial charge on any atom is -0.452 e. The van der Waals surface area contributed by atoms with Crippen LogP contribution in [0.1, 0.15) is 55.5 Å². The van der Waals surface area contributed by atoms with Crippen LogP contribution < -0.4 is 10.9 Å². The summed E-state index contributed by atoms with van der Waals surface area (Å²) in [5.74, 6) is -1.18. The van der Waals surface area contributed by atoms with Crippen molar-refractivity contribution in [1.29, 1.82) is 0 Å². The van der Waals surface area contributed by atoms with E-state index in [1.807, 2.05) is 34.6 Å². The van der Waals surface area contributed by atoms with E-state index in [0.717, 1.165) is 0 Å². The molecule has 0 unspecified atom stereocenters. The Balaban J connectivity index is 1.74. The number of carbonyl (C=O) groups is 3. The van der Waals surface area contributed by atoms with E-state index in [-0.39, 0.29) is 23.1 Å². The highest BCUT2D eigenvalue weighted by atomic mass is 16.5. The molecule has 8 heteroatoms. The van der Waals surface area contributed by atoms with Gasteiger partial charge >= 0.3 is 5.97 Å². The maximum atomic E-state index is 12.8. The first-order chi connectivity index (χ1) is 16.0. The standard InChI is InChI=1S/C26H29N3O5/c1-16(2)14-29-23(31)20-9-7-6-8-19(20)22(28-29)24(32)34-15-21(30)17-10-12-18(13-11-17)27-25(33)26(3,4)5/h6-13,16H,14-15H2,1-5H3,(H,27,33). The average Bonchev–Trinajstić information content (AvgIpc) is 2.78. The molecule has 1 heterocycles. The number of esters is 1. The summed E-state index contributed by atoms with van der Waals surface area (Å²) >= 11 is 0. The molecule has 1 amide bonds. The summed E-state index contributed by atoms with van der Waals surface area (Å²) < 4.78 is 6.52. The lowest BCUT2D eigenvalue weighted by molar-refractivity contribution is -0.123. The molecule has 0 aliphatic heterocycles. The van der Waals surface area contributed by atoms with Gasteiger partial charge in [-0.2, -0.15) is 5.10 Å². The SMILES string of the molecule is CC(C)Cn1nc(C(=O)OCC(=O)c2ccc(NC(=O)C(C)(C)C)cc2)c2ccccc2c1=O. The van der Waals surface area contributed by atoms with Gasteiger partial charge in [-0.05, 0) is 36.2 Å². The monoisotopic (exact) mass is 463 g/mol. The Morgan fingerprint density at radius 3 is 2.21 bits per heavy atom. The molecule has 178 valence electrons. The fourth-order valence-electron chi connectivity index (χ4n) is 3.20. The summed E-state index contributed by atoms with van der Waals surface area (Å²) in [4.78, 5) is 50.2. The van der Waals surface area contributed by atoms with Crippen molar-refractivity contribution in [3.63, 3.8) is 0 Å². The van der Waals surface area contributed by atoms with Crippen LogP contribution in [-0.2, 0) is 16.1 Å². The van der Waals surface area contributed by atoms with Gasteiger partial charge in [0.05, 0.1) is 5.39 Å². The molecule has 3 aromatic rings. The molecule has 8 nitrogen and oxygen atoms in total. The number of nitrogens with zero attached hydrogens (tertiary/aromatic N) is 2. The lowest BCUT2D eigenvalue weighted by Gasteiger charge is -2.17. The van der Waals surface area contributed by atoms with Crippen molar-refractivity contribution in [3.8, 4) is 0 Å². The largest absolute Gasteiger partial charge is 0.452 e. The highest BCUT2D eigenvalue weighted by molar-refractivity contribution is 6.04. The summed E-state index contributed by atoms with van der Waals surface area (Å²) in [5.41, 5.74) is 0.0681. The smallest absolute Gasteiger partial charge is 0.359 e. The van der Waals surface area contributed by atoms with E-state index < -0.39 is 23.8 Å². The van der Waals surface area contributed by atoms with Crippen LogP contribution in [0.3, 0.4) is 0 Å². The molecule has 1 aromatic heterocycles. The second kappa shape index (κ2) is 9.99. The van der Waals surface area contributed by atoms with Gasteiger partial charge in [-0.3, -0.25) is 14.4 Å². The van der Waals surface area contributed by atoms with Crippen LogP contribution in [-0.4, -0.2) is 34.0 Å². The van der Waals surface area contributed by atoms with Crippen LogP contribution in [0.15, 0.2) is 53.3 Å². The fraction of sp³-hybridized carbons (Fsp3) is 0.346. The topological polar surface area (TPSA) is 107 Å². The molecule has 0 aliphatic carbocycles. The second-order valence-electron chi connectivity index (χ2n) is 9.56. The highest BCUT2D eigenvalue weighted by Gasteiger charge is 2.22. The number of Topliss-reactive ketones (excluding diaryl/α,β-unsaturated/α-hetero) is 1. The van der Waals surface area contributed by atoms with Crippen LogP contribution in [0.5, 0.6) is 0 Å². The number of fused-ring (bicyclic) bond motifs is 1. The number of carbonyl (C=O) groups excluding carboxylic acids is 3. The minimum absolute atomic E-state index is 0.0103. The van der Waals surface area contributed by atoms with E-state index in [1.54, 1.807) is 48.5 Å². The van der Waals surface area contributed by atoms with Gasteiger partial charge in [-0.1, -0.05) is 52.8 Å². The van der Waals surface area contributed by atoms with Crippen LogP contribution in [0.4, 0.5) is 5.69 Å². The molecule has 3 rings (SSSR count). The maximum Gasteiger partial charge on any atom is 0.359 e. The van der Waals surface area contributed by atoms with Gasteiger partial charge in [0.15, 0.2) is 18.1 Å². The zero-order valence-electron chi connectivity index (χ0n) is 20.0. The van der Waals surface area contributed by atoms with Gasteiger partial charge in [0.25, 0.3) is 5.56 Å². The van der Waals surface area contributed by atoms with Crippen molar-refractivity contribution >= 4 is 34.1 Å². The Bertz CT molecular complexity index is 1280. The van der Waals surface area contributed by atoms with Crippen molar-refractivity contribution in [1.82, 2.24) is 9.78 Å². The Morgan fingerprint density at radius 1 is 1.00 bits per heavy atom. The lowest BCUT2D eigenvalue weighted by Crippen LogP contribution is -2.28. The number of aromatic nitrogens is 2. The first kappa shape index (κ1) is 24.8. The zero-order valence-corrected chi connectivity index (χ0v) is 20.0. The minimum atomic E-state index is -0.781. The third kappa shape index (κ3) is 5.75. The van der Waals surface area contributed by atoms with Gasteiger partial charge < -0.3 is 10.1 Å². The number of amides is 1. The Hall–Kier alpha value is -3.81. The van der Waals surface area contributed by atoms with E-state index in [9.17, 15) is 19.2 Å². The van der Waals surface area contributed by atoms with Gasteiger partial charge in [0.1, 0.15) is 0 Å². The van der Waals surface area contributed by atoms with Crippen molar-refractivity contribution < 1.29 is 19.1 Å². The molecular formula is C26H29N3O5. The van der Waals surface area contributed by atoms with Crippen molar-refractivity contribution in [2.45, 2.75) is 41.2 Å². The van der Waals surface area contributed by atoms with Crippen LogP contribution in [0, 0.1) is 11.3 Å². The number of hydrogen-bond donors (Lipinski definition) is 1. The number of benzene rings is 2. The van der Waals surface area contributed by atoms with E-state index in [4.69, 9.17) is 4.74 Å². The molecule has 0 atom stereocenters. The molecule has 0 bridgehead atoms. The molecule has 2 aromatic carbocycles. The van der Waals surface area contributed by atoms with Gasteiger partial charge in [0, 0.05) is 28.6 Å². The fourth-order valence-corrected chi connectivity index (χ4v) is 3.20. The van der Waals surface area contributed by atoms with Gasteiger partial charge in [-0.15, -0.1) is 0 Å². The summed E-state index contributed by atoms with van der Waals surface area (Å²) in [6.07, 6.45) is 0. The molecule has 34 heavy (non-hydrogen) atoms. The van der Waals surface area contributed by atoms with E-state index >= 15 is 0 Å². The Labute approximate surface area is 197 Å². The lowest BCUT2D eigenvalue weighted by atomic mass is 9.95. The molecule has 0 saturated heterocycles. The molecule has 0 saturated carbocycles. The maximum absolute atomic E-state index is 12.8. The number of anilines is 1. The normalized spacial score (nSPS) is 11.5. The van der Waals surface area contributed by atoms with Crippen molar-refractivity contribution in [2.24, 2.45) is 11.3 Å².